The number of hydrogen-bond donors (Lipinski definition) is 1. The van der Waals surface area contributed by atoms with E-state index in [-0.39, 0.29) is 11.5 Å². The summed E-state index contributed by atoms with van der Waals surface area (Å²) in [5, 5.41) is 0.339. The van der Waals surface area contributed by atoms with Crippen LogP contribution in [0.25, 0.3) is 0 Å². The van der Waals surface area contributed by atoms with Crippen LogP contribution in [0.3, 0.4) is 0 Å². The topological polar surface area (TPSA) is 72.5 Å². The first kappa shape index (κ1) is 18.6. The van der Waals surface area contributed by atoms with Crippen molar-refractivity contribution in [1.82, 2.24) is 0 Å². The highest BCUT2D eigenvalue weighted by Gasteiger charge is 2.19. The first-order valence-corrected chi connectivity index (χ1v) is 10.1. The lowest BCUT2D eigenvalue weighted by atomic mass is 10.2. The lowest BCUT2D eigenvalue weighted by Gasteiger charge is -2.12. The Morgan fingerprint density at radius 3 is 2.46 bits per heavy atom. The zero-order chi connectivity index (χ0) is 17.7. The number of carbonyl (C=O) groups is 1. The molecule has 0 spiro atoms. The number of ether oxygens (including phenoxy) is 1. The van der Waals surface area contributed by atoms with Gasteiger partial charge in [0.2, 0.25) is 0 Å². The quantitative estimate of drug-likeness (QED) is 0.600. The summed E-state index contributed by atoms with van der Waals surface area (Å²) >= 11 is 7.23. The van der Waals surface area contributed by atoms with Crippen LogP contribution < -0.4 is 4.72 Å². The number of hydrogen-bond acceptors (Lipinski definition) is 5. The Hall–Kier alpha value is -1.70. The number of nitrogens with one attached hydrogen (secondary N) is 1. The van der Waals surface area contributed by atoms with Gasteiger partial charge in [-0.3, -0.25) is 4.72 Å². The SMILES string of the molecule is CCOC(=O)c1ccc(NS(=O)(=O)c2cc(Cl)ccc2SC)cc1. The van der Waals surface area contributed by atoms with Crippen molar-refractivity contribution < 1.29 is 17.9 Å². The van der Waals surface area contributed by atoms with Crippen molar-refractivity contribution in [3.05, 3.63) is 53.1 Å². The Morgan fingerprint density at radius 2 is 1.88 bits per heavy atom. The number of rotatable bonds is 6. The van der Waals surface area contributed by atoms with Gasteiger partial charge in [-0.25, -0.2) is 13.2 Å². The molecule has 5 nitrogen and oxygen atoms in total. The Labute approximate surface area is 150 Å². The van der Waals surface area contributed by atoms with Gasteiger partial charge in [0.15, 0.2) is 0 Å². The number of halogens is 1. The summed E-state index contributed by atoms with van der Waals surface area (Å²) in [6.07, 6.45) is 1.79. The molecule has 1 N–H and O–H groups in total. The number of carbonyl (C=O) groups excluding carboxylic acids is 1. The van der Waals surface area contributed by atoms with E-state index in [1.165, 1.54) is 42.1 Å². The van der Waals surface area contributed by atoms with Gasteiger partial charge in [-0.2, -0.15) is 0 Å². The lowest BCUT2D eigenvalue weighted by molar-refractivity contribution is 0.0526. The molecule has 0 aliphatic carbocycles. The summed E-state index contributed by atoms with van der Waals surface area (Å²) < 4.78 is 32.5. The maximum atomic E-state index is 12.6. The van der Waals surface area contributed by atoms with Gasteiger partial charge in [0.05, 0.1) is 12.2 Å². The maximum Gasteiger partial charge on any atom is 0.338 e. The summed E-state index contributed by atoms with van der Waals surface area (Å²) in [6.45, 7) is 1.99. The molecule has 2 aromatic carbocycles. The minimum atomic E-state index is -3.79. The fourth-order valence-corrected chi connectivity index (χ4v) is 4.41. The summed E-state index contributed by atoms with van der Waals surface area (Å²) in [5.41, 5.74) is 0.697. The zero-order valence-corrected chi connectivity index (χ0v) is 15.5. The Morgan fingerprint density at radius 1 is 1.21 bits per heavy atom. The van der Waals surface area contributed by atoms with Crippen molar-refractivity contribution >= 4 is 45.0 Å². The van der Waals surface area contributed by atoms with Gasteiger partial charge in [0.25, 0.3) is 10.0 Å². The standard InChI is InChI=1S/C16H16ClNO4S2/c1-3-22-16(19)11-4-7-13(8-5-11)18-24(20,21)15-10-12(17)6-9-14(15)23-2/h4-10,18H,3H2,1-2H3. The van der Waals surface area contributed by atoms with Gasteiger partial charge in [-0.1, -0.05) is 11.6 Å². The van der Waals surface area contributed by atoms with E-state index in [2.05, 4.69) is 4.72 Å². The third-order valence-corrected chi connectivity index (χ3v) is 5.64. The Bertz CT molecular complexity index is 836. The second-order valence-electron chi connectivity index (χ2n) is 4.70. The monoisotopic (exact) mass is 385 g/mol. The van der Waals surface area contributed by atoms with E-state index in [0.29, 0.717) is 21.2 Å². The highest BCUT2D eigenvalue weighted by molar-refractivity contribution is 7.99. The molecule has 0 unspecified atom stereocenters. The van der Waals surface area contributed by atoms with Gasteiger partial charge < -0.3 is 4.74 Å². The smallest absolute Gasteiger partial charge is 0.338 e. The van der Waals surface area contributed by atoms with Crippen molar-refractivity contribution in [3.8, 4) is 0 Å². The molecule has 24 heavy (non-hydrogen) atoms. The molecule has 0 bridgehead atoms. The van der Waals surface area contributed by atoms with E-state index in [1.54, 1.807) is 25.3 Å². The van der Waals surface area contributed by atoms with Gasteiger partial charge in [0, 0.05) is 15.6 Å². The number of anilines is 1. The first-order valence-electron chi connectivity index (χ1n) is 7.01. The van der Waals surface area contributed by atoms with Crippen LogP contribution in [-0.2, 0) is 14.8 Å². The number of esters is 1. The summed E-state index contributed by atoms with van der Waals surface area (Å²) in [6, 6.07) is 10.7. The van der Waals surface area contributed by atoms with Crippen LogP contribution in [0.5, 0.6) is 0 Å². The second-order valence-corrected chi connectivity index (χ2v) is 7.63. The zero-order valence-electron chi connectivity index (χ0n) is 13.1. The van der Waals surface area contributed by atoms with Crippen molar-refractivity contribution in [2.75, 3.05) is 17.6 Å². The predicted molar refractivity (Wildman–Crippen MR) is 96.4 cm³/mol. The molecule has 0 radical (unpaired) electrons. The highest BCUT2D eigenvalue weighted by Crippen LogP contribution is 2.29. The first-order chi connectivity index (χ1) is 11.4. The Kier molecular flexibility index (Phi) is 6.15. The van der Waals surface area contributed by atoms with E-state index in [0.717, 1.165) is 0 Å². The fourth-order valence-electron chi connectivity index (χ4n) is 1.96. The average Bonchev–Trinajstić information content (AvgIpc) is 2.55. The molecule has 8 heteroatoms. The van der Waals surface area contributed by atoms with E-state index in [1.807, 2.05) is 0 Å². The van der Waals surface area contributed by atoms with E-state index >= 15 is 0 Å². The van der Waals surface area contributed by atoms with Crippen LogP contribution in [-0.4, -0.2) is 27.2 Å². The van der Waals surface area contributed by atoms with Gasteiger partial charge in [-0.15, -0.1) is 11.8 Å². The third-order valence-electron chi connectivity index (χ3n) is 3.06. The number of sulfonamides is 1. The maximum absolute atomic E-state index is 12.6. The van der Waals surface area contributed by atoms with Crippen LogP contribution >= 0.6 is 23.4 Å². The minimum absolute atomic E-state index is 0.108. The molecule has 0 saturated heterocycles. The van der Waals surface area contributed by atoms with Gasteiger partial charge in [-0.05, 0) is 55.6 Å². The molecule has 0 heterocycles. The van der Waals surface area contributed by atoms with E-state index in [4.69, 9.17) is 16.3 Å². The molecule has 0 aliphatic heterocycles. The third kappa shape index (κ3) is 4.43. The average molecular weight is 386 g/mol. The Balaban J connectivity index is 2.27. The molecule has 128 valence electrons. The number of thioether (sulfide) groups is 1. The van der Waals surface area contributed by atoms with Crippen molar-refractivity contribution in [1.29, 1.82) is 0 Å². The molecule has 0 saturated carbocycles. The number of benzene rings is 2. The second kappa shape index (κ2) is 7.92. The van der Waals surface area contributed by atoms with Crippen LogP contribution in [0.15, 0.2) is 52.3 Å². The van der Waals surface area contributed by atoms with Crippen molar-refractivity contribution in [2.45, 2.75) is 16.7 Å². The largest absolute Gasteiger partial charge is 0.462 e. The summed E-state index contributed by atoms with van der Waals surface area (Å²) in [4.78, 5) is 12.3. The fraction of sp³-hybridized carbons (Fsp3) is 0.188. The van der Waals surface area contributed by atoms with E-state index < -0.39 is 16.0 Å². The molecular weight excluding hydrogens is 370 g/mol. The molecule has 0 amide bonds. The molecule has 0 aromatic heterocycles. The molecule has 0 aliphatic rings. The summed E-state index contributed by atoms with van der Waals surface area (Å²) in [7, 11) is -3.79. The molecule has 2 aromatic rings. The predicted octanol–water partition coefficient (Wildman–Crippen LogP) is 4.04. The van der Waals surface area contributed by atoms with Gasteiger partial charge in [0.1, 0.15) is 4.90 Å². The van der Waals surface area contributed by atoms with Crippen molar-refractivity contribution in [2.24, 2.45) is 0 Å². The van der Waals surface area contributed by atoms with Crippen LogP contribution in [0.2, 0.25) is 5.02 Å². The lowest BCUT2D eigenvalue weighted by Crippen LogP contribution is -2.14. The van der Waals surface area contributed by atoms with Crippen LogP contribution in [0.4, 0.5) is 5.69 Å². The molecular formula is C16H16ClNO4S2. The van der Waals surface area contributed by atoms with Crippen LogP contribution in [0.1, 0.15) is 17.3 Å². The van der Waals surface area contributed by atoms with E-state index in [9.17, 15) is 13.2 Å². The highest BCUT2D eigenvalue weighted by atomic mass is 35.5. The molecule has 2 rings (SSSR count). The van der Waals surface area contributed by atoms with Crippen LogP contribution in [0, 0.1) is 0 Å². The molecule has 0 fully saturated rings. The minimum Gasteiger partial charge on any atom is -0.462 e. The normalized spacial score (nSPS) is 11.1. The summed E-state index contributed by atoms with van der Waals surface area (Å²) in [5.74, 6) is -0.452. The van der Waals surface area contributed by atoms with Gasteiger partial charge >= 0.3 is 5.97 Å². The van der Waals surface area contributed by atoms with Crippen molar-refractivity contribution in [3.63, 3.8) is 0 Å². The molecule has 0 atom stereocenters.